The molecule has 2 aromatic heterocycles. The van der Waals surface area contributed by atoms with Crippen LogP contribution >= 0.6 is 0 Å². The minimum absolute atomic E-state index is 0.0793. The van der Waals surface area contributed by atoms with E-state index in [4.69, 9.17) is 4.42 Å². The van der Waals surface area contributed by atoms with Crippen LogP contribution in [-0.4, -0.2) is 27.6 Å². The van der Waals surface area contributed by atoms with E-state index in [-0.39, 0.29) is 11.9 Å². The van der Waals surface area contributed by atoms with Gasteiger partial charge in [0.25, 0.3) is 5.91 Å². The number of aryl methyl sites for hydroxylation is 1. The highest BCUT2D eigenvalue weighted by Gasteiger charge is 2.10. The smallest absolute Gasteiger partial charge is 0.322 e. The molecule has 0 radical (unpaired) electrons. The van der Waals surface area contributed by atoms with E-state index >= 15 is 0 Å². The minimum atomic E-state index is -0.335. The summed E-state index contributed by atoms with van der Waals surface area (Å²) in [6.07, 6.45) is 2.51. The highest BCUT2D eigenvalue weighted by atomic mass is 16.4. The Bertz CT molecular complexity index is 550. The van der Waals surface area contributed by atoms with Crippen LogP contribution in [0.2, 0.25) is 0 Å². The number of nitrogens with zero attached hydrogens (tertiary/aromatic N) is 3. The number of anilines is 2. The largest absolute Gasteiger partial charge is 0.408 e. The first-order valence-electron chi connectivity index (χ1n) is 6.00. The fraction of sp³-hybridized carbons (Fsp3) is 0.333. The second-order valence-electron chi connectivity index (χ2n) is 3.94. The summed E-state index contributed by atoms with van der Waals surface area (Å²) in [7, 11) is 0. The fourth-order valence-electron chi connectivity index (χ4n) is 1.40. The number of amides is 1. The first kappa shape index (κ1) is 13.0. The monoisotopic (exact) mass is 261 g/mol. The average molecular weight is 261 g/mol. The molecule has 0 saturated carbocycles. The molecule has 2 rings (SSSR count). The normalized spacial score (nSPS) is 10.2. The van der Waals surface area contributed by atoms with Crippen LogP contribution in [0, 0.1) is 6.92 Å². The van der Waals surface area contributed by atoms with Crippen molar-refractivity contribution in [3.05, 3.63) is 29.8 Å². The maximum Gasteiger partial charge on any atom is 0.322 e. The molecule has 0 unspecified atom stereocenters. The maximum absolute atomic E-state index is 11.8. The lowest BCUT2D eigenvalue weighted by Crippen LogP contribution is -2.13. The molecule has 0 spiro atoms. The summed E-state index contributed by atoms with van der Waals surface area (Å²) in [5.41, 5.74) is 0.429. The van der Waals surface area contributed by atoms with Crippen molar-refractivity contribution in [3.63, 3.8) is 0 Å². The molecule has 0 bridgehead atoms. The standard InChI is InChI=1S/C12H15N5O2/c1-3-6-13-10-5-4-9(7-14-10)11(18)15-12-17-16-8(2)19-12/h4-5,7H,3,6H2,1-2H3,(H,13,14)(H,15,17,18). The Balaban J connectivity index is 1.99. The van der Waals surface area contributed by atoms with Gasteiger partial charge in [-0.1, -0.05) is 12.0 Å². The van der Waals surface area contributed by atoms with Gasteiger partial charge in [0.15, 0.2) is 0 Å². The van der Waals surface area contributed by atoms with E-state index in [0.717, 1.165) is 18.8 Å². The zero-order valence-corrected chi connectivity index (χ0v) is 10.8. The van der Waals surface area contributed by atoms with Gasteiger partial charge in [0.2, 0.25) is 5.89 Å². The summed E-state index contributed by atoms with van der Waals surface area (Å²) < 4.78 is 5.07. The topological polar surface area (TPSA) is 92.9 Å². The number of carbonyl (C=O) groups is 1. The third-order valence-corrected chi connectivity index (χ3v) is 2.33. The van der Waals surface area contributed by atoms with Crippen LogP contribution in [0.4, 0.5) is 11.8 Å². The molecule has 0 fully saturated rings. The number of carbonyl (C=O) groups excluding carboxylic acids is 1. The Hall–Kier alpha value is -2.44. The van der Waals surface area contributed by atoms with E-state index < -0.39 is 0 Å². The van der Waals surface area contributed by atoms with Crippen LogP contribution in [0.5, 0.6) is 0 Å². The van der Waals surface area contributed by atoms with Crippen LogP contribution in [0.25, 0.3) is 0 Å². The van der Waals surface area contributed by atoms with E-state index in [2.05, 4.69) is 32.7 Å². The molecular weight excluding hydrogens is 246 g/mol. The molecule has 19 heavy (non-hydrogen) atoms. The van der Waals surface area contributed by atoms with E-state index in [9.17, 15) is 4.79 Å². The molecular formula is C12H15N5O2. The summed E-state index contributed by atoms with van der Waals surface area (Å²) in [4.78, 5) is 16.0. The lowest BCUT2D eigenvalue weighted by Gasteiger charge is -2.04. The first-order chi connectivity index (χ1) is 9.19. The van der Waals surface area contributed by atoms with Gasteiger partial charge in [-0.2, -0.15) is 0 Å². The molecule has 0 saturated heterocycles. The Morgan fingerprint density at radius 1 is 1.37 bits per heavy atom. The average Bonchev–Trinajstić information content (AvgIpc) is 2.82. The second-order valence-corrected chi connectivity index (χ2v) is 3.94. The quantitative estimate of drug-likeness (QED) is 0.853. The molecule has 2 heterocycles. The number of pyridine rings is 1. The predicted molar refractivity (Wildman–Crippen MR) is 70.0 cm³/mol. The van der Waals surface area contributed by atoms with Crippen LogP contribution in [0.1, 0.15) is 29.6 Å². The maximum atomic E-state index is 11.8. The highest BCUT2D eigenvalue weighted by Crippen LogP contribution is 2.09. The van der Waals surface area contributed by atoms with Gasteiger partial charge in [-0.25, -0.2) is 4.98 Å². The van der Waals surface area contributed by atoms with Crippen LogP contribution in [0.15, 0.2) is 22.7 Å². The van der Waals surface area contributed by atoms with E-state index in [0.29, 0.717) is 11.5 Å². The van der Waals surface area contributed by atoms with Crippen molar-refractivity contribution in [1.29, 1.82) is 0 Å². The third-order valence-electron chi connectivity index (χ3n) is 2.33. The molecule has 100 valence electrons. The van der Waals surface area contributed by atoms with Gasteiger partial charge >= 0.3 is 6.01 Å². The Labute approximate surface area is 110 Å². The number of aromatic nitrogens is 3. The van der Waals surface area contributed by atoms with Crippen molar-refractivity contribution in [1.82, 2.24) is 15.2 Å². The van der Waals surface area contributed by atoms with Crippen molar-refractivity contribution >= 4 is 17.7 Å². The summed E-state index contributed by atoms with van der Waals surface area (Å²) in [6.45, 7) is 4.57. The Morgan fingerprint density at radius 3 is 2.79 bits per heavy atom. The second kappa shape index (κ2) is 5.94. The van der Waals surface area contributed by atoms with Gasteiger partial charge in [0.1, 0.15) is 5.82 Å². The Kier molecular flexibility index (Phi) is 4.07. The SMILES string of the molecule is CCCNc1ccc(C(=O)Nc2nnc(C)o2)cn1. The molecule has 0 aliphatic heterocycles. The van der Waals surface area contributed by atoms with Crippen LogP contribution < -0.4 is 10.6 Å². The van der Waals surface area contributed by atoms with E-state index in [1.54, 1.807) is 19.1 Å². The number of hydrogen-bond acceptors (Lipinski definition) is 6. The molecule has 0 aromatic carbocycles. The molecule has 1 amide bonds. The van der Waals surface area contributed by atoms with Gasteiger partial charge < -0.3 is 9.73 Å². The summed E-state index contributed by atoms with van der Waals surface area (Å²) in [5, 5.41) is 12.9. The molecule has 0 aliphatic carbocycles. The number of nitrogens with one attached hydrogen (secondary N) is 2. The molecule has 2 N–H and O–H groups in total. The molecule has 0 atom stereocenters. The fourth-order valence-corrected chi connectivity index (χ4v) is 1.40. The minimum Gasteiger partial charge on any atom is -0.408 e. The van der Waals surface area contributed by atoms with E-state index in [1.807, 2.05) is 0 Å². The first-order valence-corrected chi connectivity index (χ1v) is 6.00. The zero-order chi connectivity index (χ0) is 13.7. The number of hydrogen-bond donors (Lipinski definition) is 2. The van der Waals surface area contributed by atoms with Crippen molar-refractivity contribution in [3.8, 4) is 0 Å². The molecule has 2 aromatic rings. The summed E-state index contributed by atoms with van der Waals surface area (Å²) in [6, 6.07) is 3.52. The summed E-state index contributed by atoms with van der Waals surface area (Å²) >= 11 is 0. The van der Waals surface area contributed by atoms with Gasteiger partial charge in [-0.15, -0.1) is 5.10 Å². The lowest BCUT2D eigenvalue weighted by atomic mass is 10.2. The van der Waals surface area contributed by atoms with Gasteiger partial charge in [-0.05, 0) is 18.6 Å². The lowest BCUT2D eigenvalue weighted by molar-refractivity contribution is 0.102. The summed E-state index contributed by atoms with van der Waals surface area (Å²) in [5.74, 6) is 0.803. The predicted octanol–water partition coefficient (Wildman–Crippen LogP) is 1.85. The molecule has 0 aliphatic rings. The van der Waals surface area contributed by atoms with E-state index in [1.165, 1.54) is 6.20 Å². The molecule has 7 nitrogen and oxygen atoms in total. The molecule has 7 heteroatoms. The van der Waals surface area contributed by atoms with Crippen molar-refractivity contribution in [2.45, 2.75) is 20.3 Å². The van der Waals surface area contributed by atoms with Gasteiger partial charge in [-0.3, -0.25) is 10.1 Å². The van der Waals surface area contributed by atoms with Crippen molar-refractivity contribution in [2.75, 3.05) is 17.2 Å². The van der Waals surface area contributed by atoms with Gasteiger partial charge in [0, 0.05) is 19.7 Å². The van der Waals surface area contributed by atoms with Crippen molar-refractivity contribution in [2.24, 2.45) is 0 Å². The van der Waals surface area contributed by atoms with Crippen molar-refractivity contribution < 1.29 is 9.21 Å². The van der Waals surface area contributed by atoms with Crippen LogP contribution in [-0.2, 0) is 0 Å². The highest BCUT2D eigenvalue weighted by molar-refractivity contribution is 6.02. The number of rotatable bonds is 5. The van der Waals surface area contributed by atoms with Crippen LogP contribution in [0.3, 0.4) is 0 Å². The third kappa shape index (κ3) is 3.51. The Morgan fingerprint density at radius 2 is 2.21 bits per heavy atom. The van der Waals surface area contributed by atoms with Gasteiger partial charge in [0.05, 0.1) is 5.56 Å². The zero-order valence-electron chi connectivity index (χ0n) is 10.8.